The van der Waals surface area contributed by atoms with E-state index in [2.05, 4.69) is 0 Å². The zero-order chi connectivity index (χ0) is 11.6. The molecule has 0 saturated carbocycles. The third-order valence-electron chi connectivity index (χ3n) is 2.18. The number of aryl methyl sites for hydroxylation is 2. The van der Waals surface area contributed by atoms with E-state index < -0.39 is 4.92 Å². The Bertz CT molecular complexity index is 412. The van der Waals surface area contributed by atoms with E-state index >= 15 is 0 Å². The smallest absolute Gasteiger partial charge is 0.243 e. The van der Waals surface area contributed by atoms with Crippen LogP contribution in [0.5, 0.6) is 5.75 Å². The average Bonchev–Trinajstić information content (AvgIpc) is 2.13. The lowest BCUT2D eigenvalue weighted by Gasteiger charge is -2.04. The molecule has 80 valence electrons. The molecule has 0 aromatic heterocycles. The summed E-state index contributed by atoms with van der Waals surface area (Å²) in [7, 11) is 0. The van der Waals surface area contributed by atoms with Gasteiger partial charge in [0.15, 0.2) is 0 Å². The molecule has 0 fully saturated rings. The summed E-state index contributed by atoms with van der Waals surface area (Å²) in [5.74, 6) is 0.242. The number of benzene rings is 1. The van der Waals surface area contributed by atoms with Crippen molar-refractivity contribution in [2.45, 2.75) is 20.8 Å². The van der Waals surface area contributed by atoms with E-state index in [9.17, 15) is 15.2 Å². The Morgan fingerprint density at radius 2 is 1.87 bits per heavy atom. The summed E-state index contributed by atoms with van der Waals surface area (Å²) in [6, 6.07) is 3.44. The molecule has 15 heavy (non-hydrogen) atoms. The lowest BCUT2D eigenvalue weighted by Crippen LogP contribution is -1.93. The van der Waals surface area contributed by atoms with Gasteiger partial charge < -0.3 is 5.11 Å². The second-order valence-corrected chi connectivity index (χ2v) is 3.55. The van der Waals surface area contributed by atoms with Crippen molar-refractivity contribution in [2.75, 3.05) is 0 Å². The van der Waals surface area contributed by atoms with Crippen molar-refractivity contribution >= 4 is 6.08 Å². The number of aromatic hydroxyl groups is 1. The van der Waals surface area contributed by atoms with Gasteiger partial charge in [0.05, 0.1) is 4.92 Å². The molecule has 0 radical (unpaired) electrons. The number of hydrogen-bond donors (Lipinski definition) is 1. The number of nitrogens with zero attached hydrogens (tertiary/aromatic N) is 1. The summed E-state index contributed by atoms with van der Waals surface area (Å²) < 4.78 is 0. The summed E-state index contributed by atoms with van der Waals surface area (Å²) in [5, 5.41) is 19.9. The second kappa shape index (κ2) is 4.13. The Labute approximate surface area is 88.0 Å². The molecule has 0 heterocycles. The molecule has 1 aromatic rings. The lowest BCUT2D eigenvalue weighted by atomic mass is 10.1. The van der Waals surface area contributed by atoms with Gasteiger partial charge in [-0.1, -0.05) is 0 Å². The van der Waals surface area contributed by atoms with Crippen molar-refractivity contribution in [1.29, 1.82) is 0 Å². The predicted molar refractivity (Wildman–Crippen MR) is 58.2 cm³/mol. The number of phenolic OH excluding ortho intramolecular Hbond substituents is 1. The van der Waals surface area contributed by atoms with E-state index in [1.54, 1.807) is 26.0 Å². The highest BCUT2D eigenvalue weighted by atomic mass is 16.6. The quantitative estimate of drug-likeness (QED) is 0.599. The van der Waals surface area contributed by atoms with Gasteiger partial charge in [0.1, 0.15) is 5.75 Å². The highest BCUT2D eigenvalue weighted by Gasteiger charge is 2.05. The molecule has 1 rings (SSSR count). The highest BCUT2D eigenvalue weighted by Crippen LogP contribution is 2.24. The Morgan fingerprint density at radius 3 is 2.27 bits per heavy atom. The van der Waals surface area contributed by atoms with Gasteiger partial charge in [-0.3, -0.25) is 10.1 Å². The third kappa shape index (κ3) is 2.56. The summed E-state index contributed by atoms with van der Waals surface area (Å²) >= 11 is 0. The molecule has 4 heteroatoms. The van der Waals surface area contributed by atoms with Crippen LogP contribution in [0.15, 0.2) is 17.8 Å². The molecule has 0 atom stereocenters. The Hall–Kier alpha value is -1.84. The van der Waals surface area contributed by atoms with Crippen molar-refractivity contribution in [3.8, 4) is 5.75 Å². The minimum atomic E-state index is -0.433. The van der Waals surface area contributed by atoms with Crippen LogP contribution in [-0.2, 0) is 0 Å². The molecule has 0 aliphatic heterocycles. The van der Waals surface area contributed by atoms with Crippen molar-refractivity contribution in [3.05, 3.63) is 44.6 Å². The predicted octanol–water partition coefficient (Wildman–Crippen LogP) is 2.65. The van der Waals surface area contributed by atoms with Crippen molar-refractivity contribution in [3.63, 3.8) is 0 Å². The van der Waals surface area contributed by atoms with Gasteiger partial charge in [-0.25, -0.2) is 0 Å². The molecule has 1 N–H and O–H groups in total. The molecule has 0 unspecified atom stereocenters. The van der Waals surface area contributed by atoms with Crippen molar-refractivity contribution in [2.24, 2.45) is 0 Å². The van der Waals surface area contributed by atoms with Gasteiger partial charge in [0, 0.05) is 13.0 Å². The van der Waals surface area contributed by atoms with E-state index in [0.29, 0.717) is 0 Å². The fourth-order valence-corrected chi connectivity index (χ4v) is 1.37. The first-order chi connectivity index (χ1) is 6.91. The molecular weight excluding hydrogens is 194 g/mol. The zero-order valence-electron chi connectivity index (χ0n) is 8.94. The molecular formula is C11H13NO3. The fraction of sp³-hybridized carbons (Fsp3) is 0.273. The Kier molecular flexibility index (Phi) is 3.09. The summed E-state index contributed by atoms with van der Waals surface area (Å²) in [6.07, 6.45) is 1.49. The van der Waals surface area contributed by atoms with Crippen LogP contribution in [0.1, 0.15) is 23.6 Å². The van der Waals surface area contributed by atoms with Gasteiger partial charge in [0.25, 0.3) is 0 Å². The fourth-order valence-electron chi connectivity index (χ4n) is 1.37. The zero-order valence-corrected chi connectivity index (χ0v) is 8.94. The monoisotopic (exact) mass is 207 g/mol. The van der Waals surface area contributed by atoms with E-state index in [0.717, 1.165) is 16.7 Å². The van der Waals surface area contributed by atoms with Crippen LogP contribution >= 0.6 is 0 Å². The van der Waals surface area contributed by atoms with E-state index in [1.807, 2.05) is 0 Å². The minimum Gasteiger partial charge on any atom is -0.507 e. The third-order valence-corrected chi connectivity index (χ3v) is 2.18. The first-order valence-corrected chi connectivity index (χ1v) is 4.54. The summed E-state index contributed by atoms with van der Waals surface area (Å²) in [6.45, 7) is 4.97. The SMILES string of the molecule is C/C(=C/c1cc(C)c(O)c(C)c1)[N+](=O)[O-]. The molecule has 0 amide bonds. The van der Waals surface area contributed by atoms with Crippen molar-refractivity contribution in [1.82, 2.24) is 0 Å². The topological polar surface area (TPSA) is 63.4 Å². The van der Waals surface area contributed by atoms with Crippen LogP contribution in [0.4, 0.5) is 0 Å². The first-order valence-electron chi connectivity index (χ1n) is 4.54. The van der Waals surface area contributed by atoms with Crippen LogP contribution in [0, 0.1) is 24.0 Å². The van der Waals surface area contributed by atoms with Crippen LogP contribution in [-0.4, -0.2) is 10.0 Å². The van der Waals surface area contributed by atoms with E-state index in [4.69, 9.17) is 0 Å². The molecule has 0 aliphatic carbocycles. The largest absolute Gasteiger partial charge is 0.507 e. The maximum Gasteiger partial charge on any atom is 0.243 e. The Morgan fingerprint density at radius 1 is 1.40 bits per heavy atom. The second-order valence-electron chi connectivity index (χ2n) is 3.55. The lowest BCUT2D eigenvalue weighted by molar-refractivity contribution is -0.422. The molecule has 0 aliphatic rings. The maximum absolute atomic E-state index is 10.4. The summed E-state index contributed by atoms with van der Waals surface area (Å²) in [5.41, 5.74) is 2.26. The Balaban J connectivity index is 3.18. The highest BCUT2D eigenvalue weighted by molar-refractivity contribution is 5.56. The van der Waals surface area contributed by atoms with Crippen LogP contribution in [0.2, 0.25) is 0 Å². The van der Waals surface area contributed by atoms with Crippen LogP contribution in [0.3, 0.4) is 0 Å². The standard InChI is InChI=1S/C11H13NO3/c1-7-4-10(5-8(2)11(7)13)6-9(3)12(14)15/h4-6,13H,1-3H3/b9-6-. The normalized spacial score (nSPS) is 11.5. The number of hydrogen-bond acceptors (Lipinski definition) is 3. The van der Waals surface area contributed by atoms with Crippen LogP contribution in [0.25, 0.3) is 6.08 Å². The number of rotatable bonds is 2. The van der Waals surface area contributed by atoms with E-state index in [1.165, 1.54) is 13.0 Å². The molecule has 0 saturated heterocycles. The van der Waals surface area contributed by atoms with Crippen LogP contribution < -0.4 is 0 Å². The van der Waals surface area contributed by atoms with Gasteiger partial charge in [-0.05, 0) is 42.7 Å². The number of allylic oxidation sites excluding steroid dienone is 1. The number of phenols is 1. The van der Waals surface area contributed by atoms with Gasteiger partial charge in [-0.2, -0.15) is 0 Å². The first kappa shape index (κ1) is 11.2. The summed E-state index contributed by atoms with van der Waals surface area (Å²) in [4.78, 5) is 10.00. The van der Waals surface area contributed by atoms with Crippen molar-refractivity contribution < 1.29 is 10.0 Å². The molecule has 0 spiro atoms. The molecule has 1 aromatic carbocycles. The number of nitro groups is 1. The van der Waals surface area contributed by atoms with Gasteiger partial charge >= 0.3 is 0 Å². The maximum atomic E-state index is 10.4. The molecule has 4 nitrogen and oxygen atoms in total. The van der Waals surface area contributed by atoms with Gasteiger partial charge in [0.2, 0.25) is 5.70 Å². The average molecular weight is 207 g/mol. The molecule has 0 bridgehead atoms. The van der Waals surface area contributed by atoms with Gasteiger partial charge in [-0.15, -0.1) is 0 Å². The van der Waals surface area contributed by atoms with E-state index in [-0.39, 0.29) is 11.4 Å². The minimum absolute atomic E-state index is 0.0829.